The minimum atomic E-state index is -0.122. The summed E-state index contributed by atoms with van der Waals surface area (Å²) in [5, 5.41) is 3.81. The van der Waals surface area contributed by atoms with Crippen LogP contribution in [0.1, 0.15) is 5.89 Å². The van der Waals surface area contributed by atoms with Gasteiger partial charge in [0.15, 0.2) is 10.4 Å². The highest BCUT2D eigenvalue weighted by Crippen LogP contribution is 2.22. The van der Waals surface area contributed by atoms with Crippen LogP contribution in [0.3, 0.4) is 0 Å². The van der Waals surface area contributed by atoms with E-state index in [4.69, 9.17) is 8.94 Å². The van der Waals surface area contributed by atoms with Crippen LogP contribution in [0.25, 0.3) is 11.6 Å². The number of nitrogens with zero attached hydrogens (tertiary/aromatic N) is 3. The summed E-state index contributed by atoms with van der Waals surface area (Å²) >= 11 is 3.20. The van der Waals surface area contributed by atoms with Gasteiger partial charge < -0.3 is 13.5 Å². The molecule has 19 heavy (non-hydrogen) atoms. The zero-order chi connectivity index (χ0) is 13.2. The first-order valence-corrected chi connectivity index (χ1v) is 6.25. The lowest BCUT2D eigenvalue weighted by molar-refractivity contribution is 0.369. The number of aromatic nitrogens is 3. The van der Waals surface area contributed by atoms with Gasteiger partial charge in [0, 0.05) is 12.3 Å². The number of hydrogen-bond acceptors (Lipinski definition) is 5. The van der Waals surface area contributed by atoms with E-state index >= 15 is 0 Å². The summed E-state index contributed by atoms with van der Waals surface area (Å²) in [4.78, 5) is 15.7. The molecule has 0 aliphatic rings. The molecule has 7 heteroatoms. The predicted molar refractivity (Wildman–Crippen MR) is 69.5 cm³/mol. The SMILES string of the molecule is O=c1ccccn1Cc1nc(-c2ccc(Br)o2)no1. The minimum absolute atomic E-state index is 0.122. The van der Waals surface area contributed by atoms with Crippen LogP contribution in [-0.2, 0) is 6.54 Å². The standard InChI is InChI=1S/C12H8BrN3O3/c13-9-5-4-8(18-9)12-14-10(19-15-12)7-16-6-2-1-3-11(16)17/h1-6H,7H2. The topological polar surface area (TPSA) is 74.1 Å². The lowest BCUT2D eigenvalue weighted by Crippen LogP contribution is -2.18. The molecule has 0 aliphatic heterocycles. The van der Waals surface area contributed by atoms with E-state index in [1.165, 1.54) is 10.6 Å². The van der Waals surface area contributed by atoms with E-state index < -0.39 is 0 Å². The summed E-state index contributed by atoms with van der Waals surface area (Å²) < 4.78 is 12.5. The molecule has 0 atom stereocenters. The van der Waals surface area contributed by atoms with Crippen molar-refractivity contribution < 1.29 is 8.94 Å². The van der Waals surface area contributed by atoms with E-state index in [1.54, 1.807) is 30.5 Å². The first kappa shape index (κ1) is 11.9. The number of hydrogen-bond donors (Lipinski definition) is 0. The van der Waals surface area contributed by atoms with Gasteiger partial charge in [0.05, 0.1) is 0 Å². The average molecular weight is 322 g/mol. The fourth-order valence-corrected chi connectivity index (χ4v) is 1.90. The number of rotatable bonds is 3. The van der Waals surface area contributed by atoms with Gasteiger partial charge in [-0.05, 0) is 34.1 Å². The maximum absolute atomic E-state index is 11.6. The third-order valence-electron chi connectivity index (χ3n) is 2.47. The van der Waals surface area contributed by atoms with E-state index in [9.17, 15) is 4.79 Å². The van der Waals surface area contributed by atoms with E-state index in [-0.39, 0.29) is 12.1 Å². The Kier molecular flexibility index (Phi) is 3.04. The molecule has 3 heterocycles. The van der Waals surface area contributed by atoms with Crippen LogP contribution in [0.5, 0.6) is 0 Å². The van der Waals surface area contributed by atoms with Crippen molar-refractivity contribution >= 4 is 15.9 Å². The maximum atomic E-state index is 11.6. The summed E-state index contributed by atoms with van der Waals surface area (Å²) in [5.74, 6) is 1.20. The Morgan fingerprint density at radius 3 is 2.89 bits per heavy atom. The monoisotopic (exact) mass is 321 g/mol. The van der Waals surface area contributed by atoms with Gasteiger partial charge in [0.25, 0.3) is 5.56 Å². The lowest BCUT2D eigenvalue weighted by Gasteiger charge is -1.98. The van der Waals surface area contributed by atoms with Crippen molar-refractivity contribution in [2.75, 3.05) is 0 Å². The van der Waals surface area contributed by atoms with Crippen LogP contribution in [0.4, 0.5) is 0 Å². The molecule has 0 aliphatic carbocycles. The molecule has 0 unspecified atom stereocenters. The summed E-state index contributed by atoms with van der Waals surface area (Å²) in [6.07, 6.45) is 1.66. The zero-order valence-corrected chi connectivity index (χ0v) is 11.2. The molecule has 0 amide bonds. The first-order chi connectivity index (χ1) is 9.22. The molecule has 3 rings (SSSR count). The number of pyridine rings is 1. The van der Waals surface area contributed by atoms with Gasteiger partial charge in [-0.3, -0.25) is 4.79 Å². The smallest absolute Gasteiger partial charge is 0.250 e. The van der Waals surface area contributed by atoms with Crippen molar-refractivity contribution in [2.45, 2.75) is 6.54 Å². The lowest BCUT2D eigenvalue weighted by atomic mass is 10.4. The van der Waals surface area contributed by atoms with Crippen molar-refractivity contribution in [2.24, 2.45) is 0 Å². The normalized spacial score (nSPS) is 10.8. The fourth-order valence-electron chi connectivity index (χ4n) is 1.59. The van der Waals surface area contributed by atoms with Crippen LogP contribution in [0, 0.1) is 0 Å². The molecule has 6 nitrogen and oxygen atoms in total. The predicted octanol–water partition coefficient (Wildman–Crippen LogP) is 2.30. The molecular weight excluding hydrogens is 314 g/mol. The second-order valence-electron chi connectivity index (χ2n) is 3.78. The van der Waals surface area contributed by atoms with Gasteiger partial charge in [-0.1, -0.05) is 11.2 Å². The first-order valence-electron chi connectivity index (χ1n) is 5.46. The zero-order valence-electron chi connectivity index (χ0n) is 9.62. The van der Waals surface area contributed by atoms with Crippen molar-refractivity contribution in [3.63, 3.8) is 0 Å². The summed E-state index contributed by atoms with van der Waals surface area (Å²) in [6, 6.07) is 8.39. The molecular formula is C12H8BrN3O3. The van der Waals surface area contributed by atoms with Crippen molar-refractivity contribution in [3.05, 3.63) is 57.4 Å². The Morgan fingerprint density at radius 2 is 2.16 bits per heavy atom. The highest BCUT2D eigenvalue weighted by molar-refractivity contribution is 9.10. The fraction of sp³-hybridized carbons (Fsp3) is 0.0833. The molecule has 0 saturated heterocycles. The molecule has 0 fully saturated rings. The van der Waals surface area contributed by atoms with Crippen LogP contribution >= 0.6 is 15.9 Å². The quantitative estimate of drug-likeness (QED) is 0.740. The van der Waals surface area contributed by atoms with Crippen molar-refractivity contribution in [1.82, 2.24) is 14.7 Å². The highest BCUT2D eigenvalue weighted by atomic mass is 79.9. The molecule has 0 aromatic carbocycles. The van der Waals surface area contributed by atoms with Gasteiger partial charge >= 0.3 is 0 Å². The Morgan fingerprint density at radius 1 is 1.26 bits per heavy atom. The van der Waals surface area contributed by atoms with Gasteiger partial charge in [0.1, 0.15) is 6.54 Å². The van der Waals surface area contributed by atoms with Crippen LogP contribution in [0.2, 0.25) is 0 Å². The second kappa shape index (κ2) is 4.85. The minimum Gasteiger partial charge on any atom is -0.446 e. The average Bonchev–Trinajstić information content (AvgIpc) is 3.01. The molecule has 96 valence electrons. The second-order valence-corrected chi connectivity index (χ2v) is 4.56. The van der Waals surface area contributed by atoms with Crippen LogP contribution in [0.15, 0.2) is 54.9 Å². The molecule has 0 saturated carbocycles. The van der Waals surface area contributed by atoms with Crippen LogP contribution in [-0.4, -0.2) is 14.7 Å². The Balaban J connectivity index is 1.86. The van der Waals surface area contributed by atoms with Gasteiger partial charge in [-0.25, -0.2) is 0 Å². The van der Waals surface area contributed by atoms with E-state index in [0.717, 1.165) is 0 Å². The highest BCUT2D eigenvalue weighted by Gasteiger charge is 2.12. The summed E-state index contributed by atoms with van der Waals surface area (Å²) in [5.41, 5.74) is -0.122. The molecule has 0 radical (unpaired) electrons. The molecule has 0 spiro atoms. The van der Waals surface area contributed by atoms with E-state index in [1.807, 2.05) is 0 Å². The van der Waals surface area contributed by atoms with E-state index in [0.29, 0.717) is 22.1 Å². The van der Waals surface area contributed by atoms with Crippen molar-refractivity contribution in [1.29, 1.82) is 0 Å². The van der Waals surface area contributed by atoms with Crippen molar-refractivity contribution in [3.8, 4) is 11.6 Å². The molecule has 3 aromatic heterocycles. The molecule has 3 aromatic rings. The van der Waals surface area contributed by atoms with E-state index in [2.05, 4.69) is 26.1 Å². The number of furan rings is 1. The molecule has 0 bridgehead atoms. The third kappa shape index (κ3) is 2.50. The number of halogens is 1. The van der Waals surface area contributed by atoms with Crippen LogP contribution < -0.4 is 5.56 Å². The third-order valence-corrected chi connectivity index (χ3v) is 2.89. The Bertz CT molecular complexity index is 759. The molecule has 0 N–H and O–H groups in total. The Hall–Kier alpha value is -2.15. The van der Waals surface area contributed by atoms with Gasteiger partial charge in [-0.2, -0.15) is 4.98 Å². The Labute approximate surface area is 115 Å². The largest absolute Gasteiger partial charge is 0.446 e. The summed E-state index contributed by atoms with van der Waals surface area (Å²) in [6.45, 7) is 0.231. The maximum Gasteiger partial charge on any atom is 0.250 e. The summed E-state index contributed by atoms with van der Waals surface area (Å²) in [7, 11) is 0. The van der Waals surface area contributed by atoms with Gasteiger partial charge in [-0.15, -0.1) is 0 Å². The van der Waals surface area contributed by atoms with Gasteiger partial charge in [0.2, 0.25) is 11.7 Å².